The number of nitrogens with zero attached hydrogens (tertiary/aromatic N) is 1. The molecule has 1 aromatic rings. The summed E-state index contributed by atoms with van der Waals surface area (Å²) >= 11 is 0. The fraction of sp³-hybridized carbons (Fsp3) is 0.500. The second-order valence-electron chi connectivity index (χ2n) is 3.41. The zero-order chi connectivity index (χ0) is 9.26. The van der Waals surface area contributed by atoms with Crippen LogP contribution < -0.4 is 4.74 Å². The van der Waals surface area contributed by atoms with Crippen LogP contribution in [0.3, 0.4) is 0 Å². The average Bonchev–Trinajstić information content (AvgIpc) is 2.97. The second-order valence-corrected chi connectivity index (χ2v) is 3.41. The minimum atomic E-state index is 0.276. The van der Waals surface area contributed by atoms with Crippen LogP contribution in [0.15, 0.2) is 18.3 Å². The van der Waals surface area contributed by atoms with Gasteiger partial charge in [0.25, 0.3) is 0 Å². The first-order valence-corrected chi connectivity index (χ1v) is 4.46. The lowest BCUT2D eigenvalue weighted by Gasteiger charge is -2.00. The first-order chi connectivity index (χ1) is 6.35. The molecule has 0 saturated heterocycles. The molecule has 0 aliphatic heterocycles. The van der Waals surface area contributed by atoms with Crippen LogP contribution in [0.5, 0.6) is 5.75 Å². The van der Waals surface area contributed by atoms with Gasteiger partial charge in [-0.3, -0.25) is 4.98 Å². The molecule has 1 N–H and O–H groups in total. The summed E-state index contributed by atoms with van der Waals surface area (Å²) in [6, 6.07) is 3.88. The van der Waals surface area contributed by atoms with Crippen molar-refractivity contribution in [1.82, 2.24) is 4.98 Å². The predicted molar refractivity (Wildman–Crippen MR) is 48.7 cm³/mol. The van der Waals surface area contributed by atoms with Gasteiger partial charge in [0.2, 0.25) is 0 Å². The topological polar surface area (TPSA) is 42.4 Å². The summed E-state index contributed by atoms with van der Waals surface area (Å²) in [5, 5.41) is 8.89. The van der Waals surface area contributed by atoms with E-state index in [0.717, 1.165) is 17.9 Å². The highest BCUT2D eigenvalue weighted by Crippen LogP contribution is 2.46. The largest absolute Gasteiger partial charge is 0.495 e. The molecule has 3 nitrogen and oxygen atoms in total. The maximum absolute atomic E-state index is 8.89. The number of pyridine rings is 1. The standard InChI is InChI=1S/C10H13NO2/c1-13-8-2-3-10(11-5-8)9-4-7(9)6-12/h2-3,5,7,9,12H,4,6H2,1H3/t7-,9?/m0/s1. The molecule has 1 saturated carbocycles. The van der Waals surface area contributed by atoms with E-state index in [2.05, 4.69) is 4.98 Å². The highest BCUT2D eigenvalue weighted by molar-refractivity contribution is 5.25. The van der Waals surface area contributed by atoms with E-state index in [0.29, 0.717) is 11.8 Å². The number of hydrogen-bond donors (Lipinski definition) is 1. The van der Waals surface area contributed by atoms with Crippen molar-refractivity contribution in [3.05, 3.63) is 24.0 Å². The van der Waals surface area contributed by atoms with Gasteiger partial charge < -0.3 is 9.84 Å². The van der Waals surface area contributed by atoms with Gasteiger partial charge in [-0.1, -0.05) is 0 Å². The maximum Gasteiger partial charge on any atom is 0.137 e. The molecule has 0 bridgehead atoms. The SMILES string of the molecule is COc1ccc(C2C[C@H]2CO)nc1. The van der Waals surface area contributed by atoms with Gasteiger partial charge in [-0.25, -0.2) is 0 Å². The molecule has 1 fully saturated rings. The third-order valence-electron chi connectivity index (χ3n) is 2.53. The van der Waals surface area contributed by atoms with Crippen LogP contribution >= 0.6 is 0 Å². The molecule has 0 spiro atoms. The monoisotopic (exact) mass is 179 g/mol. The highest BCUT2D eigenvalue weighted by Gasteiger charge is 2.38. The molecule has 70 valence electrons. The number of aliphatic hydroxyl groups is 1. The Hall–Kier alpha value is -1.09. The van der Waals surface area contributed by atoms with E-state index in [1.54, 1.807) is 13.3 Å². The molecule has 1 heterocycles. The Bertz CT molecular complexity index is 283. The summed E-state index contributed by atoms with van der Waals surface area (Å²) in [6.07, 6.45) is 2.79. The second kappa shape index (κ2) is 3.34. The summed E-state index contributed by atoms with van der Waals surface area (Å²) in [4.78, 5) is 4.27. The van der Waals surface area contributed by atoms with E-state index < -0.39 is 0 Å². The van der Waals surface area contributed by atoms with Crippen LogP contribution in [0.2, 0.25) is 0 Å². The Morgan fingerprint density at radius 1 is 1.62 bits per heavy atom. The molecular formula is C10H13NO2. The number of methoxy groups -OCH3 is 1. The van der Waals surface area contributed by atoms with Crippen molar-refractivity contribution in [1.29, 1.82) is 0 Å². The normalized spacial score (nSPS) is 25.7. The van der Waals surface area contributed by atoms with Gasteiger partial charge in [-0.15, -0.1) is 0 Å². The summed E-state index contributed by atoms with van der Waals surface area (Å²) < 4.78 is 5.01. The molecule has 0 amide bonds. The molecule has 1 aliphatic carbocycles. The molecule has 1 unspecified atom stereocenters. The number of hydrogen-bond acceptors (Lipinski definition) is 3. The minimum Gasteiger partial charge on any atom is -0.495 e. The summed E-state index contributed by atoms with van der Waals surface area (Å²) in [5.74, 6) is 1.68. The van der Waals surface area contributed by atoms with Crippen LogP contribution in [0.25, 0.3) is 0 Å². The Balaban J connectivity index is 2.07. The highest BCUT2D eigenvalue weighted by atomic mass is 16.5. The molecule has 2 atom stereocenters. The third-order valence-corrected chi connectivity index (χ3v) is 2.53. The zero-order valence-corrected chi connectivity index (χ0v) is 7.60. The van der Waals surface area contributed by atoms with Crippen molar-refractivity contribution in [2.24, 2.45) is 5.92 Å². The lowest BCUT2D eigenvalue weighted by molar-refractivity contribution is 0.273. The predicted octanol–water partition coefficient (Wildman–Crippen LogP) is 1.19. The van der Waals surface area contributed by atoms with Crippen molar-refractivity contribution < 1.29 is 9.84 Å². The molecule has 1 aliphatic rings. The van der Waals surface area contributed by atoms with Crippen LogP contribution in [-0.2, 0) is 0 Å². The minimum absolute atomic E-state index is 0.276. The van der Waals surface area contributed by atoms with Gasteiger partial charge in [-0.2, -0.15) is 0 Å². The van der Waals surface area contributed by atoms with Gasteiger partial charge in [0.1, 0.15) is 5.75 Å². The molecular weight excluding hydrogens is 166 g/mol. The summed E-state index contributed by atoms with van der Waals surface area (Å²) in [7, 11) is 1.63. The quantitative estimate of drug-likeness (QED) is 0.757. The van der Waals surface area contributed by atoms with E-state index in [9.17, 15) is 0 Å². The van der Waals surface area contributed by atoms with Crippen molar-refractivity contribution in [3.63, 3.8) is 0 Å². The molecule has 2 rings (SSSR count). The number of ether oxygens (including phenoxy) is 1. The van der Waals surface area contributed by atoms with Crippen LogP contribution in [0, 0.1) is 5.92 Å². The van der Waals surface area contributed by atoms with Gasteiger partial charge >= 0.3 is 0 Å². The van der Waals surface area contributed by atoms with E-state index in [4.69, 9.17) is 9.84 Å². The van der Waals surface area contributed by atoms with Crippen molar-refractivity contribution in [3.8, 4) is 5.75 Å². The molecule has 0 aromatic carbocycles. The Morgan fingerprint density at radius 2 is 2.46 bits per heavy atom. The van der Waals surface area contributed by atoms with E-state index in [1.165, 1.54) is 0 Å². The van der Waals surface area contributed by atoms with Gasteiger partial charge in [0, 0.05) is 18.2 Å². The smallest absolute Gasteiger partial charge is 0.137 e. The van der Waals surface area contributed by atoms with E-state index in [-0.39, 0.29) is 6.61 Å². The van der Waals surface area contributed by atoms with Crippen LogP contribution in [-0.4, -0.2) is 23.8 Å². The molecule has 3 heteroatoms. The molecule has 13 heavy (non-hydrogen) atoms. The molecule has 0 radical (unpaired) electrons. The van der Waals surface area contributed by atoms with Gasteiger partial charge in [-0.05, 0) is 24.5 Å². The maximum atomic E-state index is 8.89. The number of aromatic nitrogens is 1. The van der Waals surface area contributed by atoms with E-state index in [1.807, 2.05) is 12.1 Å². The summed E-state index contributed by atoms with van der Waals surface area (Å²) in [6.45, 7) is 0.276. The van der Waals surface area contributed by atoms with Crippen molar-refractivity contribution in [2.45, 2.75) is 12.3 Å². The number of aliphatic hydroxyl groups excluding tert-OH is 1. The number of rotatable bonds is 3. The van der Waals surface area contributed by atoms with Crippen molar-refractivity contribution >= 4 is 0 Å². The van der Waals surface area contributed by atoms with Gasteiger partial charge in [0.15, 0.2) is 0 Å². The Labute approximate surface area is 77.4 Å². The Kier molecular flexibility index (Phi) is 2.19. The third kappa shape index (κ3) is 1.65. The first-order valence-electron chi connectivity index (χ1n) is 4.46. The fourth-order valence-electron chi connectivity index (χ4n) is 1.54. The van der Waals surface area contributed by atoms with Crippen LogP contribution in [0.4, 0.5) is 0 Å². The average molecular weight is 179 g/mol. The lowest BCUT2D eigenvalue weighted by Crippen LogP contribution is -1.92. The first kappa shape index (κ1) is 8.51. The Morgan fingerprint density at radius 3 is 2.92 bits per heavy atom. The van der Waals surface area contributed by atoms with Crippen LogP contribution in [0.1, 0.15) is 18.0 Å². The fourth-order valence-corrected chi connectivity index (χ4v) is 1.54. The molecule has 1 aromatic heterocycles. The van der Waals surface area contributed by atoms with E-state index >= 15 is 0 Å². The van der Waals surface area contributed by atoms with Gasteiger partial charge in [0.05, 0.1) is 13.3 Å². The van der Waals surface area contributed by atoms with Crippen molar-refractivity contribution in [2.75, 3.05) is 13.7 Å². The summed E-state index contributed by atoms with van der Waals surface area (Å²) in [5.41, 5.74) is 1.07. The lowest BCUT2D eigenvalue weighted by atomic mass is 10.2. The zero-order valence-electron chi connectivity index (χ0n) is 7.60.